The molecule has 0 unspecified atom stereocenters. The van der Waals surface area contributed by atoms with Crippen LogP contribution in [0, 0.1) is 12.3 Å². The van der Waals surface area contributed by atoms with E-state index in [1.165, 1.54) is 64.2 Å². The lowest BCUT2D eigenvalue weighted by molar-refractivity contribution is -0.159. The summed E-state index contributed by atoms with van der Waals surface area (Å²) in [5.74, 6) is -0.258. The summed E-state index contributed by atoms with van der Waals surface area (Å²) in [5.41, 5.74) is -0.730. The summed E-state index contributed by atoms with van der Waals surface area (Å²) in [7, 11) is 0. The zero-order valence-electron chi connectivity index (χ0n) is 29.2. The first-order chi connectivity index (χ1) is 21.9. The zero-order chi connectivity index (χ0) is 34.6. The number of carbonyl (C=O) groups excluding carboxylic acids is 4. The van der Waals surface area contributed by atoms with Gasteiger partial charge in [-0.3, -0.25) is 14.4 Å². The van der Waals surface area contributed by atoms with Crippen molar-refractivity contribution >= 4 is 29.7 Å². The summed E-state index contributed by atoms with van der Waals surface area (Å²) in [6, 6.07) is -1.94. The standard InChI is InChI=1S/C36H63N3O7/c1-6-8-10-11-12-13-14-15-16-17-18-19-20-25-33(42)39-30(35(45)46-36(3,4)5)26-27-31(40)37-28-22-21-23-29(34(43)44)38-32(41)24-9-7-2/h2,29-30H,6,8-28H2,1,3-5H3,(H,37,40)(H,38,41)(H,39,42)(H,43,44)/t29-,30-/m0/s1. The molecule has 0 radical (unpaired) electrons. The molecule has 0 rings (SSSR count). The fraction of sp³-hybridized carbons (Fsp3) is 0.806. The van der Waals surface area contributed by atoms with Crippen LogP contribution in [0.15, 0.2) is 0 Å². The topological polar surface area (TPSA) is 151 Å². The lowest BCUT2D eigenvalue weighted by Crippen LogP contribution is -2.44. The summed E-state index contributed by atoms with van der Waals surface area (Å²) in [5, 5.41) is 17.3. The van der Waals surface area contributed by atoms with Gasteiger partial charge in [0.2, 0.25) is 17.7 Å². The molecule has 0 aliphatic heterocycles. The van der Waals surface area contributed by atoms with E-state index in [0.717, 1.165) is 19.3 Å². The van der Waals surface area contributed by atoms with Crippen LogP contribution in [-0.2, 0) is 28.7 Å². The fourth-order valence-corrected chi connectivity index (χ4v) is 4.97. The van der Waals surface area contributed by atoms with Gasteiger partial charge in [-0.2, -0.15) is 0 Å². The molecule has 3 amide bonds. The minimum Gasteiger partial charge on any atom is -0.480 e. The molecular weight excluding hydrogens is 586 g/mol. The van der Waals surface area contributed by atoms with E-state index in [0.29, 0.717) is 25.8 Å². The van der Waals surface area contributed by atoms with E-state index in [1.807, 2.05) is 0 Å². The Kier molecular flexibility index (Phi) is 25.2. The number of carboxylic acid groups (broad SMARTS) is 1. The number of rotatable bonds is 28. The molecular formula is C36H63N3O7. The van der Waals surface area contributed by atoms with Crippen molar-refractivity contribution in [3.63, 3.8) is 0 Å². The van der Waals surface area contributed by atoms with E-state index in [1.54, 1.807) is 20.8 Å². The van der Waals surface area contributed by atoms with Crippen molar-refractivity contribution < 1.29 is 33.8 Å². The molecule has 4 N–H and O–H groups in total. The lowest BCUT2D eigenvalue weighted by Gasteiger charge is -2.24. The van der Waals surface area contributed by atoms with E-state index in [9.17, 15) is 29.1 Å². The number of hydrogen-bond acceptors (Lipinski definition) is 6. The number of hydrogen-bond donors (Lipinski definition) is 4. The highest BCUT2D eigenvalue weighted by molar-refractivity contribution is 5.85. The average molecular weight is 650 g/mol. The van der Waals surface area contributed by atoms with Gasteiger partial charge in [0, 0.05) is 32.2 Å². The van der Waals surface area contributed by atoms with Gasteiger partial charge in [0.15, 0.2) is 0 Å². The number of ether oxygens (including phenoxy) is 1. The maximum Gasteiger partial charge on any atom is 0.329 e. The van der Waals surface area contributed by atoms with Crippen LogP contribution in [-0.4, -0.2) is 59.0 Å². The minimum atomic E-state index is -1.12. The SMILES string of the molecule is C#CCCC(=O)N[C@@H](CCCCNC(=O)CC[C@H](NC(=O)CCCCCCCCCCCCCCC)C(=O)OC(C)(C)C)C(=O)O. The molecule has 264 valence electrons. The second kappa shape index (κ2) is 27.1. The van der Waals surface area contributed by atoms with Crippen LogP contribution in [0.4, 0.5) is 0 Å². The molecule has 10 heteroatoms. The Labute approximate surface area is 278 Å². The van der Waals surface area contributed by atoms with Gasteiger partial charge in [-0.1, -0.05) is 84.0 Å². The largest absolute Gasteiger partial charge is 0.480 e. The maximum atomic E-state index is 12.8. The fourth-order valence-electron chi connectivity index (χ4n) is 4.97. The summed E-state index contributed by atoms with van der Waals surface area (Å²) in [4.78, 5) is 61.1. The summed E-state index contributed by atoms with van der Waals surface area (Å²) in [6.45, 7) is 7.81. The number of terminal acetylenes is 1. The maximum absolute atomic E-state index is 12.8. The van der Waals surface area contributed by atoms with Gasteiger partial charge in [0.1, 0.15) is 17.7 Å². The van der Waals surface area contributed by atoms with E-state index < -0.39 is 35.5 Å². The van der Waals surface area contributed by atoms with Gasteiger partial charge in [-0.05, 0) is 52.9 Å². The molecule has 0 saturated carbocycles. The van der Waals surface area contributed by atoms with E-state index in [2.05, 4.69) is 28.8 Å². The third kappa shape index (κ3) is 26.2. The number of amides is 3. The molecule has 0 spiro atoms. The van der Waals surface area contributed by atoms with Crippen LogP contribution in [0.1, 0.15) is 163 Å². The Balaban J connectivity index is 4.39. The Morgan fingerprint density at radius 3 is 1.72 bits per heavy atom. The highest BCUT2D eigenvalue weighted by Crippen LogP contribution is 2.14. The molecule has 0 aliphatic carbocycles. The van der Waals surface area contributed by atoms with Gasteiger partial charge in [-0.25, -0.2) is 9.59 Å². The van der Waals surface area contributed by atoms with Crippen LogP contribution in [0.25, 0.3) is 0 Å². The molecule has 46 heavy (non-hydrogen) atoms. The predicted octanol–water partition coefficient (Wildman–Crippen LogP) is 6.34. The minimum absolute atomic E-state index is 0.0198. The van der Waals surface area contributed by atoms with Crippen molar-refractivity contribution in [2.75, 3.05) is 6.54 Å². The van der Waals surface area contributed by atoms with Crippen LogP contribution < -0.4 is 16.0 Å². The van der Waals surface area contributed by atoms with Crippen molar-refractivity contribution in [1.82, 2.24) is 16.0 Å². The third-order valence-corrected chi connectivity index (χ3v) is 7.57. The Bertz CT molecular complexity index is 924. The van der Waals surface area contributed by atoms with Crippen LogP contribution >= 0.6 is 0 Å². The highest BCUT2D eigenvalue weighted by Gasteiger charge is 2.27. The second-order valence-electron chi connectivity index (χ2n) is 13.2. The molecule has 0 heterocycles. The van der Waals surface area contributed by atoms with Crippen LogP contribution in [0.3, 0.4) is 0 Å². The van der Waals surface area contributed by atoms with Crippen molar-refractivity contribution in [3.05, 3.63) is 0 Å². The number of unbranched alkanes of at least 4 members (excludes halogenated alkanes) is 13. The van der Waals surface area contributed by atoms with Gasteiger partial charge in [0.25, 0.3) is 0 Å². The smallest absolute Gasteiger partial charge is 0.329 e. The average Bonchev–Trinajstić information content (AvgIpc) is 2.98. The Morgan fingerprint density at radius 1 is 0.674 bits per heavy atom. The monoisotopic (exact) mass is 649 g/mol. The van der Waals surface area contributed by atoms with Gasteiger partial charge in [0.05, 0.1) is 0 Å². The van der Waals surface area contributed by atoms with E-state index in [-0.39, 0.29) is 43.9 Å². The van der Waals surface area contributed by atoms with Crippen LogP contribution in [0.5, 0.6) is 0 Å². The van der Waals surface area contributed by atoms with E-state index >= 15 is 0 Å². The first-order valence-electron chi connectivity index (χ1n) is 17.6. The third-order valence-electron chi connectivity index (χ3n) is 7.57. The zero-order valence-corrected chi connectivity index (χ0v) is 29.2. The number of carbonyl (C=O) groups is 5. The van der Waals surface area contributed by atoms with Gasteiger partial charge < -0.3 is 25.8 Å². The number of nitrogens with one attached hydrogen (secondary N) is 3. The summed E-state index contributed by atoms with van der Waals surface area (Å²) >= 11 is 0. The van der Waals surface area contributed by atoms with Gasteiger partial charge in [-0.15, -0.1) is 12.3 Å². The molecule has 0 bridgehead atoms. The molecule has 2 atom stereocenters. The van der Waals surface area contributed by atoms with Crippen molar-refractivity contribution in [3.8, 4) is 12.3 Å². The number of carboxylic acids is 1. The summed E-state index contributed by atoms with van der Waals surface area (Å²) < 4.78 is 5.49. The molecule has 0 saturated heterocycles. The molecule has 0 aromatic rings. The highest BCUT2D eigenvalue weighted by atomic mass is 16.6. The molecule has 0 aromatic heterocycles. The first kappa shape index (κ1) is 42.9. The molecule has 0 aliphatic rings. The quantitative estimate of drug-likeness (QED) is 0.0438. The lowest BCUT2D eigenvalue weighted by atomic mass is 10.0. The second-order valence-corrected chi connectivity index (χ2v) is 13.2. The van der Waals surface area contributed by atoms with Crippen molar-refractivity contribution in [2.45, 2.75) is 180 Å². The predicted molar refractivity (Wildman–Crippen MR) is 182 cm³/mol. The molecule has 0 fully saturated rings. The van der Waals surface area contributed by atoms with Crippen LogP contribution in [0.2, 0.25) is 0 Å². The van der Waals surface area contributed by atoms with E-state index in [4.69, 9.17) is 11.2 Å². The van der Waals surface area contributed by atoms with Crippen molar-refractivity contribution in [2.24, 2.45) is 0 Å². The van der Waals surface area contributed by atoms with Crippen molar-refractivity contribution in [1.29, 1.82) is 0 Å². The normalized spacial score (nSPS) is 12.4. The number of esters is 1. The Hall–Kier alpha value is -3.09. The summed E-state index contributed by atoms with van der Waals surface area (Å²) in [6.07, 6.45) is 22.9. The molecule has 0 aromatic carbocycles. The first-order valence-corrected chi connectivity index (χ1v) is 17.6. The number of aliphatic carboxylic acids is 1. The molecule has 10 nitrogen and oxygen atoms in total. The Morgan fingerprint density at radius 2 is 1.20 bits per heavy atom. The van der Waals surface area contributed by atoms with Gasteiger partial charge >= 0.3 is 11.9 Å².